The van der Waals surface area contributed by atoms with Crippen LogP contribution in [0.5, 0.6) is 0 Å². The molecule has 0 fully saturated rings. The van der Waals surface area contributed by atoms with Gasteiger partial charge in [-0.2, -0.15) is 0 Å². The molecule has 2 aromatic carbocycles. The molecule has 17 heavy (non-hydrogen) atoms. The molecule has 2 aromatic rings. The maximum Gasteiger partial charge on any atom is 0.0456 e. The summed E-state index contributed by atoms with van der Waals surface area (Å²) in [4.78, 5) is 0. The third kappa shape index (κ3) is 3.60. The third-order valence-electron chi connectivity index (χ3n) is 2.36. The van der Waals surface area contributed by atoms with Gasteiger partial charge >= 0.3 is 0 Å². The fourth-order valence-corrected chi connectivity index (χ4v) is 4.03. The summed E-state index contributed by atoms with van der Waals surface area (Å²) in [5, 5.41) is 2.49. The SMILES string of the molecule is Clc1ccc(CP(Cl)c2ccccc2)c(Cl)c1. The zero-order valence-corrected chi connectivity index (χ0v) is 12.1. The first-order chi connectivity index (χ1) is 8.16. The molecule has 0 nitrogen and oxygen atoms in total. The highest BCUT2D eigenvalue weighted by Gasteiger charge is 2.10. The average molecular weight is 304 g/mol. The van der Waals surface area contributed by atoms with Crippen molar-refractivity contribution in [3.05, 3.63) is 64.1 Å². The van der Waals surface area contributed by atoms with Gasteiger partial charge in [0, 0.05) is 23.5 Å². The van der Waals surface area contributed by atoms with E-state index in [9.17, 15) is 0 Å². The summed E-state index contributed by atoms with van der Waals surface area (Å²) >= 11 is 18.4. The minimum Gasteiger partial charge on any atom is -0.0908 e. The molecule has 0 heterocycles. The summed E-state index contributed by atoms with van der Waals surface area (Å²) in [5.41, 5.74) is 1.04. The van der Waals surface area contributed by atoms with Crippen LogP contribution in [0.4, 0.5) is 0 Å². The van der Waals surface area contributed by atoms with Gasteiger partial charge in [-0.1, -0.05) is 70.8 Å². The number of hydrogen-bond donors (Lipinski definition) is 0. The van der Waals surface area contributed by atoms with Gasteiger partial charge in [0.05, 0.1) is 0 Å². The molecule has 0 spiro atoms. The normalized spacial score (nSPS) is 12.4. The van der Waals surface area contributed by atoms with E-state index in [0.717, 1.165) is 17.0 Å². The van der Waals surface area contributed by atoms with Gasteiger partial charge in [0.2, 0.25) is 0 Å². The van der Waals surface area contributed by atoms with Gasteiger partial charge in [0.25, 0.3) is 0 Å². The maximum atomic E-state index is 6.43. The van der Waals surface area contributed by atoms with Crippen LogP contribution in [-0.2, 0) is 6.16 Å². The van der Waals surface area contributed by atoms with Crippen LogP contribution in [0.25, 0.3) is 0 Å². The topological polar surface area (TPSA) is 0 Å². The van der Waals surface area contributed by atoms with E-state index in [0.29, 0.717) is 10.0 Å². The minimum atomic E-state index is -0.733. The Labute approximate surface area is 117 Å². The molecule has 0 aromatic heterocycles. The Morgan fingerprint density at radius 1 is 0.941 bits per heavy atom. The third-order valence-corrected chi connectivity index (χ3v) is 5.37. The lowest BCUT2D eigenvalue weighted by Gasteiger charge is -2.11. The van der Waals surface area contributed by atoms with Crippen LogP contribution in [0.1, 0.15) is 5.56 Å². The Balaban J connectivity index is 2.16. The van der Waals surface area contributed by atoms with Gasteiger partial charge in [0.15, 0.2) is 0 Å². The summed E-state index contributed by atoms with van der Waals surface area (Å²) in [6.45, 7) is 0. The number of halogens is 3. The fraction of sp³-hybridized carbons (Fsp3) is 0.0769. The zero-order valence-electron chi connectivity index (χ0n) is 8.91. The van der Waals surface area contributed by atoms with Crippen molar-refractivity contribution in [1.29, 1.82) is 0 Å². The van der Waals surface area contributed by atoms with Crippen molar-refractivity contribution >= 4 is 47.0 Å². The van der Waals surface area contributed by atoms with Gasteiger partial charge in [-0.25, -0.2) is 0 Å². The van der Waals surface area contributed by atoms with Crippen LogP contribution in [0.2, 0.25) is 10.0 Å². The molecule has 2 rings (SSSR count). The van der Waals surface area contributed by atoms with E-state index in [2.05, 4.69) is 0 Å². The van der Waals surface area contributed by atoms with Gasteiger partial charge in [0.1, 0.15) is 0 Å². The van der Waals surface area contributed by atoms with E-state index in [1.165, 1.54) is 0 Å². The van der Waals surface area contributed by atoms with Gasteiger partial charge in [-0.3, -0.25) is 0 Å². The second kappa shape index (κ2) is 6.07. The average Bonchev–Trinajstić information content (AvgIpc) is 2.34. The van der Waals surface area contributed by atoms with Crippen LogP contribution >= 0.6 is 41.7 Å². The Hall–Kier alpha value is -0.260. The van der Waals surface area contributed by atoms with Gasteiger partial charge in [-0.05, 0) is 23.0 Å². The smallest absolute Gasteiger partial charge is 0.0456 e. The highest BCUT2D eigenvalue weighted by molar-refractivity contribution is 7.89. The van der Waals surface area contributed by atoms with E-state index in [4.69, 9.17) is 34.4 Å². The maximum absolute atomic E-state index is 6.43. The van der Waals surface area contributed by atoms with Crippen molar-refractivity contribution < 1.29 is 0 Å². The summed E-state index contributed by atoms with van der Waals surface area (Å²) in [6, 6.07) is 15.6. The predicted molar refractivity (Wildman–Crippen MR) is 79.0 cm³/mol. The number of benzene rings is 2. The Morgan fingerprint density at radius 3 is 2.29 bits per heavy atom. The lowest BCUT2D eigenvalue weighted by Crippen LogP contribution is -1.97. The Bertz CT molecular complexity index is 499. The van der Waals surface area contributed by atoms with Crippen molar-refractivity contribution in [2.75, 3.05) is 0 Å². The number of hydrogen-bond acceptors (Lipinski definition) is 0. The van der Waals surface area contributed by atoms with Crippen molar-refractivity contribution in [3.63, 3.8) is 0 Å². The standard InChI is InChI=1S/C13H10Cl3P/c14-11-7-6-10(13(15)8-11)9-17(16)12-4-2-1-3-5-12/h1-8H,9H2. The zero-order chi connectivity index (χ0) is 12.3. The van der Waals surface area contributed by atoms with E-state index >= 15 is 0 Å². The molecule has 0 aliphatic heterocycles. The van der Waals surface area contributed by atoms with Crippen molar-refractivity contribution in [2.24, 2.45) is 0 Å². The first kappa shape index (κ1) is 13.2. The molecule has 0 saturated carbocycles. The van der Waals surface area contributed by atoms with Gasteiger partial charge < -0.3 is 0 Å². The molecule has 0 amide bonds. The fourth-order valence-electron chi connectivity index (χ4n) is 1.48. The molecule has 0 radical (unpaired) electrons. The lowest BCUT2D eigenvalue weighted by molar-refractivity contribution is 1.41. The minimum absolute atomic E-state index is 0.650. The van der Waals surface area contributed by atoms with Crippen molar-refractivity contribution in [2.45, 2.75) is 6.16 Å². The van der Waals surface area contributed by atoms with Crippen LogP contribution in [-0.4, -0.2) is 0 Å². The van der Waals surface area contributed by atoms with Crippen LogP contribution in [0, 0.1) is 0 Å². The Morgan fingerprint density at radius 2 is 1.65 bits per heavy atom. The van der Waals surface area contributed by atoms with E-state index in [-0.39, 0.29) is 0 Å². The predicted octanol–water partition coefficient (Wildman–Crippen LogP) is 5.45. The molecule has 4 heteroatoms. The second-order valence-corrected chi connectivity index (χ2v) is 7.22. The van der Waals surface area contributed by atoms with E-state index in [1.807, 2.05) is 42.5 Å². The molecule has 0 aliphatic rings. The molecular formula is C13H10Cl3P. The molecule has 0 bridgehead atoms. The summed E-state index contributed by atoms with van der Waals surface area (Å²) in [6.07, 6.45) is 0.761. The molecule has 1 unspecified atom stereocenters. The molecule has 88 valence electrons. The molecule has 0 saturated heterocycles. The highest BCUT2D eigenvalue weighted by atomic mass is 35.7. The van der Waals surface area contributed by atoms with E-state index < -0.39 is 7.27 Å². The molecule has 0 N–H and O–H groups in total. The summed E-state index contributed by atoms with van der Waals surface area (Å²) < 4.78 is 0. The largest absolute Gasteiger partial charge is 0.0908 e. The lowest BCUT2D eigenvalue weighted by atomic mass is 10.2. The molecule has 1 atom stereocenters. The monoisotopic (exact) mass is 302 g/mol. The second-order valence-electron chi connectivity index (χ2n) is 3.59. The Kier molecular flexibility index (Phi) is 4.70. The first-order valence-electron chi connectivity index (χ1n) is 5.09. The highest BCUT2D eigenvalue weighted by Crippen LogP contribution is 2.45. The summed E-state index contributed by atoms with van der Waals surface area (Å²) in [5.74, 6) is 0. The quantitative estimate of drug-likeness (QED) is 0.661. The first-order valence-corrected chi connectivity index (χ1v) is 8.28. The van der Waals surface area contributed by atoms with Crippen LogP contribution < -0.4 is 5.30 Å². The van der Waals surface area contributed by atoms with Crippen LogP contribution in [0.3, 0.4) is 0 Å². The van der Waals surface area contributed by atoms with E-state index in [1.54, 1.807) is 6.07 Å². The molecular weight excluding hydrogens is 293 g/mol. The van der Waals surface area contributed by atoms with Crippen molar-refractivity contribution in [3.8, 4) is 0 Å². The van der Waals surface area contributed by atoms with Crippen LogP contribution in [0.15, 0.2) is 48.5 Å². The summed E-state index contributed by atoms with van der Waals surface area (Å²) in [7, 11) is -0.733. The number of rotatable bonds is 3. The molecule has 0 aliphatic carbocycles. The van der Waals surface area contributed by atoms with Crippen molar-refractivity contribution in [1.82, 2.24) is 0 Å². The van der Waals surface area contributed by atoms with Gasteiger partial charge in [-0.15, -0.1) is 0 Å².